The van der Waals surface area contributed by atoms with E-state index in [4.69, 9.17) is 5.11 Å². The van der Waals surface area contributed by atoms with Crippen molar-refractivity contribution in [1.29, 1.82) is 0 Å². The number of hydrogen-bond acceptors (Lipinski definition) is 3. The summed E-state index contributed by atoms with van der Waals surface area (Å²) >= 11 is 0. The van der Waals surface area contributed by atoms with Gasteiger partial charge in [0.2, 0.25) is 10.0 Å². The van der Waals surface area contributed by atoms with Crippen LogP contribution in [0.25, 0.3) is 0 Å². The van der Waals surface area contributed by atoms with E-state index in [0.29, 0.717) is 5.92 Å². The molecule has 0 heterocycles. The van der Waals surface area contributed by atoms with E-state index in [2.05, 4.69) is 18.6 Å². The fraction of sp³-hybridized carbons (Fsp3) is 0.909. The first-order valence-corrected chi connectivity index (χ1v) is 7.63. The summed E-state index contributed by atoms with van der Waals surface area (Å²) in [5, 5.41) is 8.43. The van der Waals surface area contributed by atoms with Crippen molar-refractivity contribution in [3.63, 3.8) is 0 Å². The SMILES string of the molecule is CCC(C)CC(C)NS(=O)(=O)CCCC(=O)O. The smallest absolute Gasteiger partial charge is 0.303 e. The summed E-state index contributed by atoms with van der Waals surface area (Å²) in [4.78, 5) is 10.3. The molecular weight excluding hydrogens is 242 g/mol. The zero-order valence-electron chi connectivity index (χ0n) is 10.8. The fourth-order valence-corrected chi connectivity index (χ4v) is 2.95. The van der Waals surface area contributed by atoms with Crippen LogP contribution in [-0.2, 0) is 14.8 Å². The molecule has 0 aliphatic carbocycles. The minimum atomic E-state index is -3.34. The van der Waals surface area contributed by atoms with Crippen LogP contribution in [0, 0.1) is 5.92 Å². The van der Waals surface area contributed by atoms with Gasteiger partial charge in [0.1, 0.15) is 0 Å². The van der Waals surface area contributed by atoms with Gasteiger partial charge in [-0.3, -0.25) is 4.79 Å². The van der Waals surface area contributed by atoms with Crippen molar-refractivity contribution in [2.45, 2.75) is 52.5 Å². The first-order chi connectivity index (χ1) is 7.76. The second-order valence-corrected chi connectivity index (χ2v) is 6.46. The predicted octanol–water partition coefficient (Wildman–Crippen LogP) is 1.60. The topological polar surface area (TPSA) is 83.5 Å². The molecule has 0 aromatic carbocycles. The molecule has 0 aliphatic rings. The second kappa shape index (κ2) is 7.66. The van der Waals surface area contributed by atoms with Gasteiger partial charge in [0.25, 0.3) is 0 Å². The summed E-state index contributed by atoms with van der Waals surface area (Å²) in [6, 6.07) is -0.0974. The molecule has 2 unspecified atom stereocenters. The van der Waals surface area contributed by atoms with Gasteiger partial charge in [-0.1, -0.05) is 20.3 Å². The molecule has 0 amide bonds. The van der Waals surface area contributed by atoms with Crippen molar-refractivity contribution in [1.82, 2.24) is 4.72 Å². The van der Waals surface area contributed by atoms with Crippen LogP contribution >= 0.6 is 0 Å². The Balaban J connectivity index is 4.03. The van der Waals surface area contributed by atoms with Gasteiger partial charge in [-0.15, -0.1) is 0 Å². The van der Waals surface area contributed by atoms with Crippen LogP contribution in [0.4, 0.5) is 0 Å². The van der Waals surface area contributed by atoms with Gasteiger partial charge in [-0.25, -0.2) is 13.1 Å². The van der Waals surface area contributed by atoms with E-state index in [0.717, 1.165) is 12.8 Å². The van der Waals surface area contributed by atoms with Crippen LogP contribution in [0.2, 0.25) is 0 Å². The van der Waals surface area contributed by atoms with E-state index in [9.17, 15) is 13.2 Å². The molecule has 0 aliphatic heterocycles. The summed E-state index contributed by atoms with van der Waals surface area (Å²) in [7, 11) is -3.34. The van der Waals surface area contributed by atoms with Crippen LogP contribution in [0.3, 0.4) is 0 Å². The number of sulfonamides is 1. The number of rotatable bonds is 9. The summed E-state index contributed by atoms with van der Waals surface area (Å²) in [6.07, 6.45) is 1.86. The van der Waals surface area contributed by atoms with Crippen LogP contribution in [0.5, 0.6) is 0 Å². The number of nitrogens with one attached hydrogen (secondary N) is 1. The average molecular weight is 265 g/mol. The molecule has 0 saturated heterocycles. The minimum absolute atomic E-state index is 0.0974. The quantitative estimate of drug-likeness (QED) is 0.663. The highest BCUT2D eigenvalue weighted by molar-refractivity contribution is 7.89. The van der Waals surface area contributed by atoms with Crippen molar-refractivity contribution in [3.05, 3.63) is 0 Å². The maximum absolute atomic E-state index is 11.6. The van der Waals surface area contributed by atoms with Crippen molar-refractivity contribution in [2.75, 3.05) is 5.75 Å². The van der Waals surface area contributed by atoms with E-state index in [1.165, 1.54) is 0 Å². The Bertz CT molecular complexity index is 326. The molecule has 0 rings (SSSR count). The summed E-state index contributed by atoms with van der Waals surface area (Å²) in [5.74, 6) is -0.607. The third kappa shape index (κ3) is 9.12. The third-order valence-electron chi connectivity index (χ3n) is 2.64. The van der Waals surface area contributed by atoms with Gasteiger partial charge < -0.3 is 5.11 Å². The van der Waals surface area contributed by atoms with Crippen LogP contribution < -0.4 is 4.72 Å². The first kappa shape index (κ1) is 16.4. The molecule has 0 aromatic rings. The second-order valence-electron chi connectivity index (χ2n) is 4.58. The van der Waals surface area contributed by atoms with Gasteiger partial charge in [-0.05, 0) is 25.7 Å². The number of carboxylic acids is 1. The van der Waals surface area contributed by atoms with Crippen molar-refractivity contribution in [3.8, 4) is 0 Å². The normalized spacial score (nSPS) is 15.5. The number of aliphatic carboxylic acids is 1. The molecule has 0 bridgehead atoms. The summed E-state index contributed by atoms with van der Waals surface area (Å²) in [6.45, 7) is 5.98. The van der Waals surface area contributed by atoms with Gasteiger partial charge >= 0.3 is 5.97 Å². The molecule has 5 nitrogen and oxygen atoms in total. The average Bonchev–Trinajstić information content (AvgIpc) is 2.15. The molecule has 6 heteroatoms. The zero-order valence-corrected chi connectivity index (χ0v) is 11.6. The van der Waals surface area contributed by atoms with E-state index in [1.54, 1.807) is 0 Å². The zero-order chi connectivity index (χ0) is 13.5. The Morgan fingerprint density at radius 2 is 1.94 bits per heavy atom. The number of hydrogen-bond donors (Lipinski definition) is 2. The van der Waals surface area contributed by atoms with E-state index >= 15 is 0 Å². The molecule has 17 heavy (non-hydrogen) atoms. The van der Waals surface area contributed by atoms with Crippen LogP contribution in [-0.4, -0.2) is 31.3 Å². The van der Waals surface area contributed by atoms with Crippen LogP contribution in [0.15, 0.2) is 0 Å². The van der Waals surface area contributed by atoms with Crippen molar-refractivity contribution >= 4 is 16.0 Å². The van der Waals surface area contributed by atoms with Gasteiger partial charge in [0, 0.05) is 12.5 Å². The lowest BCUT2D eigenvalue weighted by Gasteiger charge is -2.17. The highest BCUT2D eigenvalue weighted by Crippen LogP contribution is 2.10. The molecule has 0 fully saturated rings. The molecule has 0 saturated carbocycles. The van der Waals surface area contributed by atoms with Gasteiger partial charge in [-0.2, -0.15) is 0 Å². The summed E-state index contributed by atoms with van der Waals surface area (Å²) < 4.78 is 25.8. The van der Waals surface area contributed by atoms with E-state index < -0.39 is 16.0 Å². The standard InChI is InChI=1S/C11H23NO4S/c1-4-9(2)8-10(3)12-17(15,16)7-5-6-11(13)14/h9-10,12H,4-8H2,1-3H3,(H,13,14). The lowest BCUT2D eigenvalue weighted by atomic mass is 10.0. The highest BCUT2D eigenvalue weighted by Gasteiger charge is 2.16. The predicted molar refractivity (Wildman–Crippen MR) is 67.3 cm³/mol. The Kier molecular flexibility index (Phi) is 7.38. The van der Waals surface area contributed by atoms with E-state index in [1.807, 2.05) is 6.92 Å². The molecule has 0 radical (unpaired) electrons. The highest BCUT2D eigenvalue weighted by atomic mass is 32.2. The first-order valence-electron chi connectivity index (χ1n) is 5.98. The minimum Gasteiger partial charge on any atom is -0.481 e. The summed E-state index contributed by atoms with van der Waals surface area (Å²) in [5.41, 5.74) is 0. The van der Waals surface area contributed by atoms with E-state index in [-0.39, 0.29) is 24.6 Å². The van der Waals surface area contributed by atoms with Crippen molar-refractivity contribution < 1.29 is 18.3 Å². The molecular formula is C11H23NO4S. The van der Waals surface area contributed by atoms with Crippen LogP contribution in [0.1, 0.15) is 46.5 Å². The van der Waals surface area contributed by atoms with Gasteiger partial charge in [0.05, 0.1) is 5.75 Å². The Hall–Kier alpha value is -0.620. The fourth-order valence-electron chi connectivity index (χ4n) is 1.60. The number of carbonyl (C=O) groups is 1. The lowest BCUT2D eigenvalue weighted by molar-refractivity contribution is -0.137. The monoisotopic (exact) mass is 265 g/mol. The van der Waals surface area contributed by atoms with Crippen molar-refractivity contribution in [2.24, 2.45) is 5.92 Å². The lowest BCUT2D eigenvalue weighted by Crippen LogP contribution is -2.35. The Labute approximate surface area is 104 Å². The van der Waals surface area contributed by atoms with Gasteiger partial charge in [0.15, 0.2) is 0 Å². The molecule has 2 N–H and O–H groups in total. The largest absolute Gasteiger partial charge is 0.481 e. The molecule has 2 atom stereocenters. The molecule has 102 valence electrons. The maximum atomic E-state index is 11.6. The maximum Gasteiger partial charge on any atom is 0.303 e. The Morgan fingerprint density at radius 1 is 1.35 bits per heavy atom. The molecule has 0 aromatic heterocycles. The third-order valence-corrected chi connectivity index (χ3v) is 4.22. The number of carboxylic acid groups (broad SMARTS) is 1. The molecule has 0 spiro atoms. The Morgan fingerprint density at radius 3 is 2.41 bits per heavy atom.